The molecule has 2 rings (SSSR count). The van der Waals surface area contributed by atoms with Crippen LogP contribution in [-0.4, -0.2) is 34.7 Å². The van der Waals surface area contributed by atoms with Crippen LogP contribution in [0.2, 0.25) is 5.02 Å². The zero-order chi connectivity index (χ0) is 15.4. The van der Waals surface area contributed by atoms with Gasteiger partial charge in [-0.25, -0.2) is 0 Å². The van der Waals surface area contributed by atoms with Crippen LogP contribution >= 0.6 is 11.6 Å². The van der Waals surface area contributed by atoms with E-state index in [9.17, 15) is 4.79 Å². The molecule has 0 radical (unpaired) electrons. The molecule has 0 fully saturated rings. The summed E-state index contributed by atoms with van der Waals surface area (Å²) in [5.74, 6) is -0.0570. The van der Waals surface area contributed by atoms with Crippen LogP contribution in [0, 0.1) is 0 Å². The lowest BCUT2D eigenvalue weighted by Gasteiger charge is -2.15. The fraction of sp³-hybridized carbons (Fsp3) is 0.333. The van der Waals surface area contributed by atoms with Gasteiger partial charge in [0, 0.05) is 49.7 Å². The van der Waals surface area contributed by atoms with Crippen LogP contribution in [-0.2, 0) is 13.1 Å². The van der Waals surface area contributed by atoms with Crippen LogP contribution < -0.4 is 5.32 Å². The molecule has 1 aromatic carbocycles. The second-order valence-corrected chi connectivity index (χ2v) is 5.38. The van der Waals surface area contributed by atoms with E-state index in [-0.39, 0.29) is 5.91 Å². The highest BCUT2D eigenvalue weighted by Gasteiger charge is 2.13. The smallest absolute Gasteiger partial charge is 0.255 e. The predicted octanol–water partition coefficient (Wildman–Crippen LogP) is 2.87. The zero-order valence-corrected chi connectivity index (χ0v) is 13.2. The molecule has 0 bridgehead atoms. The molecule has 0 saturated heterocycles. The Labute approximate surface area is 129 Å². The van der Waals surface area contributed by atoms with Crippen molar-refractivity contribution in [2.75, 3.05) is 19.4 Å². The summed E-state index contributed by atoms with van der Waals surface area (Å²) in [6, 6.07) is 5.23. The van der Waals surface area contributed by atoms with Crippen molar-refractivity contribution in [3.05, 3.63) is 46.7 Å². The molecule has 0 saturated carbocycles. The molecule has 6 heteroatoms. The minimum atomic E-state index is -0.0570. The molecular formula is C15H19ClN4O. The van der Waals surface area contributed by atoms with Crippen LogP contribution in [0.5, 0.6) is 0 Å². The lowest BCUT2D eigenvalue weighted by atomic mass is 10.1. The van der Waals surface area contributed by atoms with Crippen molar-refractivity contribution in [1.29, 1.82) is 0 Å². The first-order valence-electron chi connectivity index (χ1n) is 6.77. The number of amides is 1. The van der Waals surface area contributed by atoms with Crippen molar-refractivity contribution < 1.29 is 4.79 Å². The molecule has 0 spiro atoms. The van der Waals surface area contributed by atoms with Crippen molar-refractivity contribution in [2.45, 2.75) is 20.0 Å². The summed E-state index contributed by atoms with van der Waals surface area (Å²) in [6.45, 7) is 3.46. The van der Waals surface area contributed by atoms with Crippen LogP contribution in [0.3, 0.4) is 0 Å². The Morgan fingerprint density at radius 3 is 2.81 bits per heavy atom. The molecule has 1 amide bonds. The normalized spacial score (nSPS) is 10.5. The van der Waals surface area contributed by atoms with Gasteiger partial charge in [-0.1, -0.05) is 11.6 Å². The number of nitrogens with zero attached hydrogens (tertiary/aromatic N) is 3. The first-order chi connectivity index (χ1) is 10.0. The third kappa shape index (κ3) is 3.76. The van der Waals surface area contributed by atoms with Crippen LogP contribution in [0.1, 0.15) is 22.8 Å². The topological polar surface area (TPSA) is 50.2 Å². The van der Waals surface area contributed by atoms with E-state index in [2.05, 4.69) is 10.4 Å². The van der Waals surface area contributed by atoms with Crippen molar-refractivity contribution in [2.24, 2.45) is 0 Å². The van der Waals surface area contributed by atoms with Gasteiger partial charge in [0.05, 0.1) is 11.8 Å². The number of rotatable bonds is 5. The third-order valence-corrected chi connectivity index (χ3v) is 3.35. The van der Waals surface area contributed by atoms with Gasteiger partial charge in [-0.2, -0.15) is 5.10 Å². The number of anilines is 1. The van der Waals surface area contributed by atoms with Crippen molar-refractivity contribution in [3.8, 4) is 0 Å². The molecule has 5 nitrogen and oxygen atoms in total. The standard InChI is InChI=1S/C15H19ClN4O/c1-4-20-10-11(9-18-20)8-17-14-7-12(16)5-6-13(14)15(21)19(2)3/h5-7,9-10,17H,4,8H2,1-3H3. The van der Waals surface area contributed by atoms with E-state index in [0.29, 0.717) is 17.1 Å². The summed E-state index contributed by atoms with van der Waals surface area (Å²) >= 11 is 6.03. The Morgan fingerprint density at radius 1 is 1.43 bits per heavy atom. The Kier molecular flexibility index (Phi) is 4.85. The molecule has 0 unspecified atom stereocenters. The van der Waals surface area contributed by atoms with Gasteiger partial charge in [0.25, 0.3) is 5.91 Å². The molecule has 21 heavy (non-hydrogen) atoms. The van der Waals surface area contributed by atoms with Gasteiger partial charge in [0.1, 0.15) is 0 Å². The average Bonchev–Trinajstić information content (AvgIpc) is 2.92. The van der Waals surface area contributed by atoms with Crippen LogP contribution in [0.15, 0.2) is 30.6 Å². The zero-order valence-electron chi connectivity index (χ0n) is 12.4. The van der Waals surface area contributed by atoms with Crippen molar-refractivity contribution >= 4 is 23.2 Å². The molecule has 2 aromatic rings. The monoisotopic (exact) mass is 306 g/mol. The highest BCUT2D eigenvalue weighted by molar-refractivity contribution is 6.31. The van der Waals surface area contributed by atoms with Gasteiger partial charge in [-0.3, -0.25) is 9.48 Å². The van der Waals surface area contributed by atoms with E-state index in [1.807, 2.05) is 24.0 Å². The molecule has 0 aliphatic rings. The van der Waals surface area contributed by atoms with Gasteiger partial charge in [-0.05, 0) is 25.1 Å². The van der Waals surface area contributed by atoms with Gasteiger partial charge in [0.15, 0.2) is 0 Å². The highest BCUT2D eigenvalue weighted by Crippen LogP contribution is 2.22. The Balaban J connectivity index is 2.18. The number of hydrogen-bond donors (Lipinski definition) is 1. The second kappa shape index (κ2) is 6.63. The largest absolute Gasteiger partial charge is 0.380 e. The Hall–Kier alpha value is -2.01. The SMILES string of the molecule is CCn1cc(CNc2cc(Cl)ccc2C(=O)N(C)C)cn1. The molecule has 0 aliphatic carbocycles. The molecule has 0 atom stereocenters. The maximum absolute atomic E-state index is 12.2. The van der Waals surface area contributed by atoms with E-state index < -0.39 is 0 Å². The van der Waals surface area contributed by atoms with Gasteiger partial charge >= 0.3 is 0 Å². The minimum absolute atomic E-state index is 0.0570. The second-order valence-electron chi connectivity index (χ2n) is 4.95. The van der Waals surface area contributed by atoms with Gasteiger partial charge in [-0.15, -0.1) is 0 Å². The number of aryl methyl sites for hydroxylation is 1. The summed E-state index contributed by atoms with van der Waals surface area (Å²) in [6.07, 6.45) is 3.79. The lowest BCUT2D eigenvalue weighted by molar-refractivity contribution is 0.0828. The van der Waals surface area contributed by atoms with E-state index >= 15 is 0 Å². The van der Waals surface area contributed by atoms with E-state index in [1.54, 1.807) is 37.2 Å². The van der Waals surface area contributed by atoms with E-state index in [1.165, 1.54) is 0 Å². The lowest BCUT2D eigenvalue weighted by Crippen LogP contribution is -2.22. The average molecular weight is 307 g/mol. The molecule has 1 aromatic heterocycles. The number of carbonyl (C=O) groups is 1. The quantitative estimate of drug-likeness (QED) is 0.924. The summed E-state index contributed by atoms with van der Waals surface area (Å²) < 4.78 is 1.86. The number of nitrogens with one attached hydrogen (secondary N) is 1. The number of aromatic nitrogens is 2. The van der Waals surface area contributed by atoms with E-state index in [0.717, 1.165) is 17.8 Å². The van der Waals surface area contributed by atoms with E-state index in [4.69, 9.17) is 11.6 Å². The molecular weight excluding hydrogens is 288 g/mol. The summed E-state index contributed by atoms with van der Waals surface area (Å²) in [7, 11) is 3.46. The van der Waals surface area contributed by atoms with Crippen molar-refractivity contribution in [1.82, 2.24) is 14.7 Å². The van der Waals surface area contributed by atoms with Crippen molar-refractivity contribution in [3.63, 3.8) is 0 Å². The number of hydrogen-bond acceptors (Lipinski definition) is 3. The fourth-order valence-corrected chi connectivity index (χ4v) is 2.13. The molecule has 1 N–H and O–H groups in total. The minimum Gasteiger partial charge on any atom is -0.380 e. The molecule has 112 valence electrons. The highest BCUT2D eigenvalue weighted by atomic mass is 35.5. The summed E-state index contributed by atoms with van der Waals surface area (Å²) in [5.41, 5.74) is 2.39. The third-order valence-electron chi connectivity index (χ3n) is 3.11. The maximum Gasteiger partial charge on any atom is 0.255 e. The number of carbonyl (C=O) groups excluding carboxylic acids is 1. The Morgan fingerprint density at radius 2 is 2.19 bits per heavy atom. The summed E-state index contributed by atoms with van der Waals surface area (Å²) in [5, 5.41) is 8.08. The first kappa shape index (κ1) is 15.4. The number of benzene rings is 1. The Bertz CT molecular complexity index is 636. The predicted molar refractivity (Wildman–Crippen MR) is 84.7 cm³/mol. The first-order valence-corrected chi connectivity index (χ1v) is 7.15. The van der Waals surface area contributed by atoms with Gasteiger partial charge < -0.3 is 10.2 Å². The van der Waals surface area contributed by atoms with Gasteiger partial charge in [0.2, 0.25) is 0 Å². The number of halogens is 1. The molecule has 1 heterocycles. The van der Waals surface area contributed by atoms with Crippen LogP contribution in [0.25, 0.3) is 0 Å². The summed E-state index contributed by atoms with van der Waals surface area (Å²) in [4.78, 5) is 13.7. The molecule has 0 aliphatic heterocycles. The maximum atomic E-state index is 12.2. The fourth-order valence-electron chi connectivity index (χ4n) is 1.96. The van der Waals surface area contributed by atoms with Crippen LogP contribution in [0.4, 0.5) is 5.69 Å².